The zero-order valence-electron chi connectivity index (χ0n) is 16.3. The maximum atomic E-state index is 11.8. The van der Waals surface area contributed by atoms with Gasteiger partial charge < -0.3 is 25.2 Å². The van der Waals surface area contributed by atoms with Crippen LogP contribution in [0.1, 0.15) is 26.3 Å². The zero-order valence-corrected chi connectivity index (χ0v) is 16.3. The molecule has 0 fully saturated rings. The zero-order chi connectivity index (χ0) is 20.0. The summed E-state index contributed by atoms with van der Waals surface area (Å²) in [6, 6.07) is 14.6. The van der Waals surface area contributed by atoms with Gasteiger partial charge in [-0.3, -0.25) is 0 Å². The van der Waals surface area contributed by atoms with E-state index in [-0.39, 0.29) is 24.6 Å². The van der Waals surface area contributed by atoms with Crippen LogP contribution in [-0.2, 0) is 6.54 Å². The molecule has 6 nitrogen and oxygen atoms in total. The molecule has 0 aliphatic heterocycles. The Hall–Kier alpha value is -2.89. The minimum absolute atomic E-state index is 0.214. The predicted octanol–water partition coefficient (Wildman–Crippen LogP) is 4.25. The minimum atomic E-state index is -1.00. The lowest BCUT2D eigenvalue weighted by Crippen LogP contribution is -2.45. The van der Waals surface area contributed by atoms with Crippen LogP contribution in [0, 0.1) is 5.41 Å². The average Bonchev–Trinajstić information content (AvgIpc) is 2.60. The normalized spacial score (nSPS) is 12.3. The lowest BCUT2D eigenvalue weighted by Gasteiger charge is -2.35. The van der Waals surface area contributed by atoms with Crippen LogP contribution in [0.25, 0.3) is 0 Å². The number of carboxylic acid groups (broad SMARTS) is 1. The molecule has 0 saturated heterocycles. The number of nitrogen functional groups attached to an aromatic ring is 1. The van der Waals surface area contributed by atoms with Crippen molar-refractivity contribution in [3.8, 4) is 11.5 Å². The van der Waals surface area contributed by atoms with E-state index in [4.69, 9.17) is 15.2 Å². The number of nitrogens with two attached hydrogens (primary N) is 1. The van der Waals surface area contributed by atoms with Crippen molar-refractivity contribution in [3.05, 3.63) is 54.1 Å². The Kier molecular flexibility index (Phi) is 6.55. The number of anilines is 1. The molecule has 0 spiro atoms. The number of nitrogens with zero attached hydrogens (tertiary/aromatic N) is 1. The summed E-state index contributed by atoms with van der Waals surface area (Å²) in [6.07, 6.45) is -1.37. The lowest BCUT2D eigenvalue weighted by atomic mass is 9.88. The third kappa shape index (κ3) is 5.81. The highest BCUT2D eigenvalue weighted by Gasteiger charge is 2.31. The molecule has 27 heavy (non-hydrogen) atoms. The van der Waals surface area contributed by atoms with Crippen LogP contribution in [0.4, 0.5) is 10.5 Å². The van der Waals surface area contributed by atoms with Crippen LogP contribution < -0.4 is 15.2 Å². The Morgan fingerprint density at radius 2 is 1.81 bits per heavy atom. The molecule has 0 bridgehead atoms. The fourth-order valence-electron chi connectivity index (χ4n) is 2.68. The highest BCUT2D eigenvalue weighted by Crippen LogP contribution is 2.32. The summed E-state index contributed by atoms with van der Waals surface area (Å²) in [7, 11) is 1.58. The maximum absolute atomic E-state index is 11.8. The Morgan fingerprint density at radius 1 is 1.15 bits per heavy atom. The van der Waals surface area contributed by atoms with Crippen molar-refractivity contribution in [2.45, 2.75) is 33.4 Å². The number of hydrogen-bond donors (Lipinski definition) is 2. The fourth-order valence-corrected chi connectivity index (χ4v) is 2.68. The number of methoxy groups -OCH3 is 1. The Bertz CT molecular complexity index is 771. The maximum Gasteiger partial charge on any atom is 0.407 e. The van der Waals surface area contributed by atoms with Crippen molar-refractivity contribution in [1.29, 1.82) is 0 Å². The first-order valence-electron chi connectivity index (χ1n) is 8.82. The first-order valence-corrected chi connectivity index (χ1v) is 8.82. The van der Waals surface area contributed by atoms with Gasteiger partial charge in [-0.1, -0.05) is 45.0 Å². The van der Waals surface area contributed by atoms with Gasteiger partial charge >= 0.3 is 6.09 Å². The number of para-hydroxylation sites is 2. The van der Waals surface area contributed by atoms with Crippen molar-refractivity contribution in [2.75, 3.05) is 19.4 Å². The first kappa shape index (κ1) is 20.4. The van der Waals surface area contributed by atoms with Crippen molar-refractivity contribution in [2.24, 2.45) is 5.41 Å². The van der Waals surface area contributed by atoms with Crippen LogP contribution >= 0.6 is 0 Å². The predicted molar refractivity (Wildman–Crippen MR) is 106 cm³/mol. The van der Waals surface area contributed by atoms with Crippen LogP contribution in [0.3, 0.4) is 0 Å². The second kappa shape index (κ2) is 8.66. The quantitative estimate of drug-likeness (QED) is 0.710. The smallest absolute Gasteiger partial charge is 0.407 e. The number of amides is 1. The topological polar surface area (TPSA) is 85.0 Å². The Labute approximate surface area is 160 Å². The summed E-state index contributed by atoms with van der Waals surface area (Å²) in [5, 5.41) is 9.70. The van der Waals surface area contributed by atoms with Gasteiger partial charge in [-0.15, -0.1) is 0 Å². The summed E-state index contributed by atoms with van der Waals surface area (Å²) in [5.41, 5.74) is 6.97. The van der Waals surface area contributed by atoms with Crippen LogP contribution in [0.5, 0.6) is 11.5 Å². The highest BCUT2D eigenvalue weighted by atomic mass is 16.5. The summed E-state index contributed by atoms with van der Waals surface area (Å²) in [4.78, 5) is 13.2. The van der Waals surface area contributed by atoms with E-state index in [2.05, 4.69) is 0 Å². The van der Waals surface area contributed by atoms with Gasteiger partial charge in [-0.25, -0.2) is 4.79 Å². The molecule has 2 rings (SSSR count). The highest BCUT2D eigenvalue weighted by molar-refractivity contribution is 5.65. The minimum Gasteiger partial charge on any atom is -0.493 e. The Balaban J connectivity index is 2.23. The molecule has 146 valence electrons. The van der Waals surface area contributed by atoms with E-state index in [9.17, 15) is 9.90 Å². The molecule has 3 N–H and O–H groups in total. The number of carbonyl (C=O) groups is 1. The summed E-state index contributed by atoms with van der Waals surface area (Å²) < 4.78 is 11.5. The van der Waals surface area contributed by atoms with Gasteiger partial charge in [0.15, 0.2) is 11.5 Å². The second-order valence-corrected chi connectivity index (χ2v) is 7.53. The lowest BCUT2D eigenvalue weighted by molar-refractivity contribution is 0.0442. The average molecular weight is 372 g/mol. The molecule has 2 aromatic rings. The van der Waals surface area contributed by atoms with E-state index >= 15 is 0 Å². The molecule has 0 radical (unpaired) electrons. The van der Waals surface area contributed by atoms with Crippen LogP contribution in [-0.4, -0.2) is 35.9 Å². The SMILES string of the molecule is COc1ccccc1OC(CN(Cc1cccc(N)c1)C(=O)O)C(C)(C)C. The molecule has 0 aliphatic carbocycles. The summed E-state index contributed by atoms with van der Waals surface area (Å²) >= 11 is 0. The van der Waals surface area contributed by atoms with E-state index in [0.717, 1.165) is 5.56 Å². The van der Waals surface area contributed by atoms with Crippen molar-refractivity contribution >= 4 is 11.8 Å². The van der Waals surface area contributed by atoms with Gasteiger partial charge in [0.2, 0.25) is 0 Å². The van der Waals surface area contributed by atoms with E-state index in [0.29, 0.717) is 17.2 Å². The van der Waals surface area contributed by atoms with Gasteiger partial charge in [0.05, 0.1) is 13.7 Å². The monoisotopic (exact) mass is 372 g/mol. The van der Waals surface area contributed by atoms with E-state index in [1.165, 1.54) is 4.90 Å². The molecule has 0 aliphatic rings. The standard InChI is InChI=1S/C21H28N2O4/c1-21(2,3)19(27-18-11-6-5-10-17(18)26-4)14-23(20(24)25)13-15-8-7-9-16(22)12-15/h5-12,19H,13-14,22H2,1-4H3,(H,24,25). The van der Waals surface area contributed by atoms with Gasteiger partial charge in [0, 0.05) is 17.6 Å². The van der Waals surface area contributed by atoms with Gasteiger partial charge in [0.1, 0.15) is 6.10 Å². The molecule has 0 aromatic heterocycles. The molecular formula is C21H28N2O4. The fraction of sp³-hybridized carbons (Fsp3) is 0.381. The molecule has 0 heterocycles. The molecule has 1 unspecified atom stereocenters. The Morgan fingerprint density at radius 3 is 2.37 bits per heavy atom. The molecule has 1 atom stereocenters. The number of ether oxygens (including phenoxy) is 2. The molecule has 0 saturated carbocycles. The van der Waals surface area contributed by atoms with Crippen molar-refractivity contribution in [3.63, 3.8) is 0 Å². The van der Waals surface area contributed by atoms with E-state index in [1.807, 2.05) is 57.2 Å². The number of hydrogen-bond acceptors (Lipinski definition) is 4. The number of rotatable bonds is 7. The largest absolute Gasteiger partial charge is 0.493 e. The van der Waals surface area contributed by atoms with Crippen LogP contribution in [0.2, 0.25) is 0 Å². The van der Waals surface area contributed by atoms with E-state index < -0.39 is 6.09 Å². The van der Waals surface area contributed by atoms with Gasteiger partial charge in [-0.05, 0) is 29.8 Å². The summed E-state index contributed by atoms with van der Waals surface area (Å²) in [6.45, 7) is 6.52. The van der Waals surface area contributed by atoms with Gasteiger partial charge in [0.25, 0.3) is 0 Å². The number of benzene rings is 2. The summed E-state index contributed by atoms with van der Waals surface area (Å²) in [5.74, 6) is 1.21. The molecule has 2 aromatic carbocycles. The van der Waals surface area contributed by atoms with Crippen LogP contribution in [0.15, 0.2) is 48.5 Å². The third-order valence-electron chi connectivity index (χ3n) is 4.29. The molecule has 6 heteroatoms. The molecular weight excluding hydrogens is 344 g/mol. The van der Waals surface area contributed by atoms with Crippen molar-refractivity contribution in [1.82, 2.24) is 4.90 Å². The third-order valence-corrected chi connectivity index (χ3v) is 4.29. The molecule has 1 amide bonds. The first-order chi connectivity index (χ1) is 12.7. The second-order valence-electron chi connectivity index (χ2n) is 7.53. The van der Waals surface area contributed by atoms with Crippen molar-refractivity contribution < 1.29 is 19.4 Å². The van der Waals surface area contributed by atoms with E-state index in [1.54, 1.807) is 19.2 Å². The van der Waals surface area contributed by atoms with Gasteiger partial charge in [-0.2, -0.15) is 0 Å².